The van der Waals surface area contributed by atoms with Crippen molar-refractivity contribution in [3.8, 4) is 0 Å². The molecule has 1 saturated heterocycles. The Hall–Kier alpha value is -0.160. The summed E-state index contributed by atoms with van der Waals surface area (Å²) in [5.74, 6) is 0. The van der Waals surface area contributed by atoms with Gasteiger partial charge < -0.3 is 19.7 Å². The third kappa shape index (κ3) is 6.99. The molecule has 1 aliphatic rings. The molecular weight excluding hydrogens is 216 g/mol. The molecule has 1 heterocycles. The summed E-state index contributed by atoms with van der Waals surface area (Å²) >= 11 is 0. The SMILES string of the molecule is CCOCCNCCN1CCC(OCC)CC1. The minimum absolute atomic E-state index is 0.502. The highest BCUT2D eigenvalue weighted by Crippen LogP contribution is 2.12. The van der Waals surface area contributed by atoms with E-state index in [-0.39, 0.29) is 0 Å². The van der Waals surface area contributed by atoms with E-state index in [0.29, 0.717) is 6.10 Å². The molecule has 4 nitrogen and oxygen atoms in total. The minimum Gasteiger partial charge on any atom is -0.380 e. The molecule has 0 aromatic rings. The van der Waals surface area contributed by atoms with Crippen LogP contribution in [0.2, 0.25) is 0 Å². The first-order valence-electron chi connectivity index (χ1n) is 6.99. The summed E-state index contributed by atoms with van der Waals surface area (Å²) in [4.78, 5) is 2.52. The van der Waals surface area contributed by atoms with Crippen LogP contribution in [0.5, 0.6) is 0 Å². The van der Waals surface area contributed by atoms with Crippen LogP contribution in [-0.4, -0.2) is 63.5 Å². The van der Waals surface area contributed by atoms with Gasteiger partial charge in [-0.1, -0.05) is 0 Å². The molecule has 0 radical (unpaired) electrons. The van der Waals surface area contributed by atoms with Crippen molar-refractivity contribution in [2.75, 3.05) is 52.5 Å². The number of nitrogens with zero attached hydrogens (tertiary/aromatic N) is 1. The molecule has 17 heavy (non-hydrogen) atoms. The molecule has 0 aromatic carbocycles. The number of nitrogens with one attached hydrogen (secondary N) is 1. The predicted molar refractivity (Wildman–Crippen MR) is 70.5 cm³/mol. The monoisotopic (exact) mass is 244 g/mol. The van der Waals surface area contributed by atoms with Gasteiger partial charge in [-0.05, 0) is 26.7 Å². The molecule has 1 rings (SSSR count). The second kappa shape index (κ2) is 9.83. The van der Waals surface area contributed by atoms with Crippen molar-refractivity contribution in [2.45, 2.75) is 32.8 Å². The highest BCUT2D eigenvalue weighted by Gasteiger charge is 2.18. The normalized spacial score (nSPS) is 18.7. The molecule has 0 aromatic heterocycles. The Kier molecular flexibility index (Phi) is 8.61. The number of piperidine rings is 1. The molecule has 102 valence electrons. The van der Waals surface area contributed by atoms with Gasteiger partial charge in [0.1, 0.15) is 0 Å². The molecular formula is C13H28N2O2. The summed E-state index contributed by atoms with van der Waals surface area (Å²) < 4.78 is 10.9. The van der Waals surface area contributed by atoms with Crippen LogP contribution >= 0.6 is 0 Å². The molecule has 0 saturated carbocycles. The van der Waals surface area contributed by atoms with Crippen LogP contribution < -0.4 is 5.32 Å². The Balaban J connectivity index is 1.91. The van der Waals surface area contributed by atoms with E-state index in [9.17, 15) is 0 Å². The Labute approximate surface area is 106 Å². The Morgan fingerprint density at radius 1 is 1.12 bits per heavy atom. The molecule has 1 aliphatic heterocycles. The van der Waals surface area contributed by atoms with Gasteiger partial charge >= 0.3 is 0 Å². The average molecular weight is 244 g/mol. The van der Waals surface area contributed by atoms with Crippen LogP contribution in [0.15, 0.2) is 0 Å². The van der Waals surface area contributed by atoms with Gasteiger partial charge in [-0.15, -0.1) is 0 Å². The van der Waals surface area contributed by atoms with Crippen LogP contribution in [-0.2, 0) is 9.47 Å². The molecule has 1 fully saturated rings. The lowest BCUT2D eigenvalue weighted by atomic mass is 10.1. The van der Waals surface area contributed by atoms with Crippen molar-refractivity contribution in [1.29, 1.82) is 0 Å². The van der Waals surface area contributed by atoms with Gasteiger partial charge in [-0.2, -0.15) is 0 Å². The molecule has 0 spiro atoms. The Morgan fingerprint density at radius 2 is 1.88 bits per heavy atom. The van der Waals surface area contributed by atoms with Crippen molar-refractivity contribution in [1.82, 2.24) is 10.2 Å². The van der Waals surface area contributed by atoms with Gasteiger partial charge in [0.2, 0.25) is 0 Å². The summed E-state index contributed by atoms with van der Waals surface area (Å²) in [6.07, 6.45) is 2.88. The van der Waals surface area contributed by atoms with Crippen LogP contribution in [0.4, 0.5) is 0 Å². The quantitative estimate of drug-likeness (QED) is 0.616. The first kappa shape index (κ1) is 14.9. The zero-order valence-electron chi connectivity index (χ0n) is 11.4. The van der Waals surface area contributed by atoms with E-state index >= 15 is 0 Å². The topological polar surface area (TPSA) is 33.7 Å². The van der Waals surface area contributed by atoms with E-state index in [1.54, 1.807) is 0 Å². The number of hydrogen-bond donors (Lipinski definition) is 1. The van der Waals surface area contributed by atoms with E-state index in [4.69, 9.17) is 9.47 Å². The first-order chi connectivity index (χ1) is 8.36. The maximum atomic E-state index is 5.64. The zero-order valence-corrected chi connectivity index (χ0v) is 11.4. The smallest absolute Gasteiger partial charge is 0.0599 e. The molecule has 0 amide bonds. The number of likely N-dealkylation sites (tertiary alicyclic amines) is 1. The molecule has 0 bridgehead atoms. The molecule has 1 N–H and O–H groups in total. The largest absolute Gasteiger partial charge is 0.380 e. The van der Waals surface area contributed by atoms with Crippen molar-refractivity contribution >= 4 is 0 Å². The van der Waals surface area contributed by atoms with Gasteiger partial charge in [-0.25, -0.2) is 0 Å². The van der Waals surface area contributed by atoms with E-state index in [1.165, 1.54) is 25.9 Å². The lowest BCUT2D eigenvalue weighted by Crippen LogP contribution is -2.40. The average Bonchev–Trinajstić information content (AvgIpc) is 2.36. The van der Waals surface area contributed by atoms with Gasteiger partial charge in [0.05, 0.1) is 12.7 Å². The fourth-order valence-corrected chi connectivity index (χ4v) is 2.19. The number of rotatable bonds is 9. The standard InChI is InChI=1S/C13H28N2O2/c1-3-16-12-8-14-7-11-15-9-5-13(6-10-15)17-4-2/h13-14H,3-12H2,1-2H3. The lowest BCUT2D eigenvalue weighted by Gasteiger charge is -2.31. The van der Waals surface area contributed by atoms with E-state index < -0.39 is 0 Å². The van der Waals surface area contributed by atoms with Crippen LogP contribution in [0, 0.1) is 0 Å². The summed E-state index contributed by atoms with van der Waals surface area (Å²) in [7, 11) is 0. The van der Waals surface area contributed by atoms with Gasteiger partial charge in [0.25, 0.3) is 0 Å². The fraction of sp³-hybridized carbons (Fsp3) is 1.00. The zero-order chi connectivity index (χ0) is 12.3. The van der Waals surface area contributed by atoms with Crippen LogP contribution in [0.25, 0.3) is 0 Å². The van der Waals surface area contributed by atoms with Gasteiger partial charge in [0, 0.05) is 45.9 Å². The van der Waals surface area contributed by atoms with Gasteiger partial charge in [-0.3, -0.25) is 0 Å². The number of hydrogen-bond acceptors (Lipinski definition) is 4. The molecule has 4 heteroatoms. The maximum absolute atomic E-state index is 5.64. The highest BCUT2D eigenvalue weighted by molar-refractivity contribution is 4.72. The van der Waals surface area contributed by atoms with E-state index in [1.807, 2.05) is 6.92 Å². The predicted octanol–water partition coefficient (Wildman–Crippen LogP) is 1.11. The van der Waals surface area contributed by atoms with Crippen LogP contribution in [0.3, 0.4) is 0 Å². The first-order valence-corrected chi connectivity index (χ1v) is 6.99. The fourth-order valence-electron chi connectivity index (χ4n) is 2.19. The third-order valence-electron chi connectivity index (χ3n) is 3.17. The molecule has 0 aliphatic carbocycles. The van der Waals surface area contributed by atoms with E-state index in [0.717, 1.165) is 39.5 Å². The second-order valence-electron chi connectivity index (χ2n) is 4.44. The van der Waals surface area contributed by atoms with Crippen LogP contribution in [0.1, 0.15) is 26.7 Å². The van der Waals surface area contributed by atoms with E-state index in [2.05, 4.69) is 17.1 Å². The minimum atomic E-state index is 0.502. The summed E-state index contributed by atoms with van der Waals surface area (Å²) in [6, 6.07) is 0. The lowest BCUT2D eigenvalue weighted by molar-refractivity contribution is 0.0145. The Morgan fingerprint density at radius 3 is 2.53 bits per heavy atom. The van der Waals surface area contributed by atoms with Gasteiger partial charge in [0.15, 0.2) is 0 Å². The maximum Gasteiger partial charge on any atom is 0.0599 e. The summed E-state index contributed by atoms with van der Waals surface area (Å²) in [6.45, 7) is 12.1. The second-order valence-corrected chi connectivity index (χ2v) is 4.44. The van der Waals surface area contributed by atoms with Crippen molar-refractivity contribution in [3.63, 3.8) is 0 Å². The third-order valence-corrected chi connectivity index (χ3v) is 3.17. The van der Waals surface area contributed by atoms with Crippen molar-refractivity contribution < 1.29 is 9.47 Å². The number of ether oxygens (including phenoxy) is 2. The Bertz CT molecular complexity index is 171. The van der Waals surface area contributed by atoms with Crippen molar-refractivity contribution in [3.05, 3.63) is 0 Å². The summed E-state index contributed by atoms with van der Waals surface area (Å²) in [5, 5.41) is 3.41. The molecule has 0 unspecified atom stereocenters. The van der Waals surface area contributed by atoms with Crippen molar-refractivity contribution in [2.24, 2.45) is 0 Å². The summed E-state index contributed by atoms with van der Waals surface area (Å²) in [5.41, 5.74) is 0. The molecule has 0 atom stereocenters. The highest BCUT2D eigenvalue weighted by atomic mass is 16.5.